The number of nitrogens with one attached hydrogen (secondary N) is 1. The van der Waals surface area contributed by atoms with Crippen molar-refractivity contribution in [3.8, 4) is 0 Å². The maximum Gasteiger partial charge on any atom is 0.408 e. The highest BCUT2D eigenvalue weighted by Crippen LogP contribution is 2.13. The van der Waals surface area contributed by atoms with Crippen molar-refractivity contribution in [2.75, 3.05) is 0 Å². The highest BCUT2D eigenvalue weighted by atomic mass is 16.6. The second-order valence-electron chi connectivity index (χ2n) is 4.85. The minimum atomic E-state index is -1.12. The molecule has 1 aromatic rings. The molecule has 0 aliphatic carbocycles. The van der Waals surface area contributed by atoms with Gasteiger partial charge in [0.15, 0.2) is 0 Å². The van der Waals surface area contributed by atoms with Crippen LogP contribution in [0.2, 0.25) is 0 Å². The lowest BCUT2D eigenvalue weighted by molar-refractivity contribution is -0.384. The normalized spacial score (nSPS) is 13.0. The fraction of sp³-hybridized carbons (Fsp3) is 0.429. The zero-order valence-electron chi connectivity index (χ0n) is 12.3. The van der Waals surface area contributed by atoms with Crippen LogP contribution >= 0.6 is 0 Å². The number of benzene rings is 1. The summed E-state index contributed by atoms with van der Waals surface area (Å²) in [6, 6.07) is 4.52. The largest absolute Gasteiger partial charge is 0.480 e. The number of non-ortho nitro benzene ring substituents is 1. The first-order valence-electron chi connectivity index (χ1n) is 6.74. The molecule has 1 amide bonds. The van der Waals surface area contributed by atoms with E-state index in [-0.39, 0.29) is 18.2 Å². The number of rotatable bonds is 7. The van der Waals surface area contributed by atoms with E-state index < -0.39 is 23.0 Å². The lowest BCUT2D eigenvalue weighted by Gasteiger charge is -2.19. The van der Waals surface area contributed by atoms with Gasteiger partial charge in [-0.1, -0.05) is 20.3 Å². The van der Waals surface area contributed by atoms with Crippen molar-refractivity contribution in [2.24, 2.45) is 5.92 Å². The number of carbonyl (C=O) groups is 2. The second kappa shape index (κ2) is 7.96. The van der Waals surface area contributed by atoms with Crippen molar-refractivity contribution >= 4 is 17.7 Å². The van der Waals surface area contributed by atoms with Crippen LogP contribution in [0, 0.1) is 16.0 Å². The van der Waals surface area contributed by atoms with Gasteiger partial charge >= 0.3 is 12.1 Å². The molecule has 22 heavy (non-hydrogen) atoms. The molecule has 2 atom stereocenters. The molecule has 8 nitrogen and oxygen atoms in total. The van der Waals surface area contributed by atoms with E-state index in [0.29, 0.717) is 12.0 Å². The average molecular weight is 310 g/mol. The summed E-state index contributed by atoms with van der Waals surface area (Å²) < 4.78 is 4.92. The monoisotopic (exact) mass is 310 g/mol. The van der Waals surface area contributed by atoms with Gasteiger partial charge in [-0.25, -0.2) is 9.59 Å². The van der Waals surface area contributed by atoms with Gasteiger partial charge in [0.2, 0.25) is 0 Å². The maximum atomic E-state index is 11.6. The van der Waals surface area contributed by atoms with Crippen LogP contribution in [-0.2, 0) is 16.1 Å². The first kappa shape index (κ1) is 17.4. The molecule has 1 unspecified atom stereocenters. The molecule has 0 aliphatic heterocycles. The summed E-state index contributed by atoms with van der Waals surface area (Å²) in [5, 5.41) is 21.9. The molecule has 0 heterocycles. The number of aliphatic carboxylic acids is 1. The van der Waals surface area contributed by atoms with Crippen LogP contribution in [0.25, 0.3) is 0 Å². The van der Waals surface area contributed by atoms with Crippen LogP contribution in [0.3, 0.4) is 0 Å². The van der Waals surface area contributed by atoms with Crippen molar-refractivity contribution in [3.05, 3.63) is 39.9 Å². The van der Waals surface area contributed by atoms with Gasteiger partial charge in [-0.3, -0.25) is 10.1 Å². The molecule has 2 N–H and O–H groups in total. The number of nitro benzene ring substituents is 1. The van der Waals surface area contributed by atoms with Gasteiger partial charge < -0.3 is 15.2 Å². The topological polar surface area (TPSA) is 119 Å². The van der Waals surface area contributed by atoms with E-state index in [2.05, 4.69) is 5.32 Å². The third-order valence-electron chi connectivity index (χ3n) is 3.27. The summed E-state index contributed by atoms with van der Waals surface area (Å²) in [5.74, 6) is -1.36. The lowest BCUT2D eigenvalue weighted by Crippen LogP contribution is -2.45. The number of hydrogen-bond acceptors (Lipinski definition) is 5. The van der Waals surface area contributed by atoms with Gasteiger partial charge in [0.05, 0.1) is 4.92 Å². The first-order valence-corrected chi connectivity index (χ1v) is 6.74. The molecular formula is C14H18N2O6. The molecule has 8 heteroatoms. The van der Waals surface area contributed by atoms with Gasteiger partial charge in [-0.2, -0.15) is 0 Å². The minimum Gasteiger partial charge on any atom is -0.480 e. The van der Waals surface area contributed by atoms with Gasteiger partial charge in [-0.05, 0) is 23.6 Å². The predicted molar refractivity (Wildman–Crippen MR) is 77.3 cm³/mol. The second-order valence-corrected chi connectivity index (χ2v) is 4.85. The molecule has 0 fully saturated rings. The summed E-state index contributed by atoms with van der Waals surface area (Å²) in [7, 11) is 0. The Morgan fingerprint density at radius 2 is 1.95 bits per heavy atom. The van der Waals surface area contributed by atoms with Crippen molar-refractivity contribution in [1.29, 1.82) is 0 Å². The van der Waals surface area contributed by atoms with Crippen LogP contribution in [0.5, 0.6) is 0 Å². The highest BCUT2D eigenvalue weighted by Gasteiger charge is 2.25. The van der Waals surface area contributed by atoms with Crippen molar-refractivity contribution < 1.29 is 24.4 Å². The summed E-state index contributed by atoms with van der Waals surface area (Å²) >= 11 is 0. The molecule has 0 saturated carbocycles. The van der Waals surface area contributed by atoms with E-state index in [9.17, 15) is 19.7 Å². The van der Waals surface area contributed by atoms with E-state index in [4.69, 9.17) is 9.84 Å². The molecule has 0 aliphatic rings. The van der Waals surface area contributed by atoms with Gasteiger partial charge in [0.25, 0.3) is 5.69 Å². The number of carboxylic acid groups (broad SMARTS) is 1. The Kier molecular flexibility index (Phi) is 6.30. The van der Waals surface area contributed by atoms with Crippen LogP contribution in [0.15, 0.2) is 24.3 Å². The molecule has 0 spiro atoms. The van der Waals surface area contributed by atoms with E-state index in [1.165, 1.54) is 24.3 Å². The molecular weight excluding hydrogens is 292 g/mol. The van der Waals surface area contributed by atoms with Crippen LogP contribution < -0.4 is 5.32 Å². The smallest absolute Gasteiger partial charge is 0.408 e. The van der Waals surface area contributed by atoms with Crippen molar-refractivity contribution in [1.82, 2.24) is 5.32 Å². The summed E-state index contributed by atoms with van der Waals surface area (Å²) in [6.45, 7) is 3.44. The van der Waals surface area contributed by atoms with E-state index in [1.54, 1.807) is 6.92 Å². The number of carbonyl (C=O) groups excluding carboxylic acids is 1. The van der Waals surface area contributed by atoms with E-state index in [1.807, 2.05) is 6.92 Å². The summed E-state index contributed by atoms with van der Waals surface area (Å²) in [5.41, 5.74) is 0.507. The van der Waals surface area contributed by atoms with Crippen LogP contribution in [0.4, 0.5) is 10.5 Å². The van der Waals surface area contributed by atoms with Gasteiger partial charge in [0, 0.05) is 12.1 Å². The SMILES string of the molecule is CCC(C)[C@H](NC(=O)OCc1ccc([N+](=O)[O-])cc1)C(=O)O. The summed E-state index contributed by atoms with van der Waals surface area (Å²) in [4.78, 5) is 32.7. The third kappa shape index (κ3) is 5.04. The van der Waals surface area contributed by atoms with Gasteiger partial charge in [0.1, 0.15) is 12.6 Å². The number of ether oxygens (including phenoxy) is 1. The van der Waals surface area contributed by atoms with Crippen molar-refractivity contribution in [3.63, 3.8) is 0 Å². The molecule has 1 aromatic carbocycles. The molecule has 0 aromatic heterocycles. The molecule has 0 saturated heterocycles. The Hall–Kier alpha value is -2.64. The fourth-order valence-electron chi connectivity index (χ4n) is 1.71. The first-order chi connectivity index (χ1) is 10.3. The Labute approximate surface area is 127 Å². The van der Waals surface area contributed by atoms with Crippen molar-refractivity contribution in [2.45, 2.75) is 32.9 Å². The number of carboxylic acids is 1. The quantitative estimate of drug-likeness (QED) is 0.589. The van der Waals surface area contributed by atoms with E-state index >= 15 is 0 Å². The molecule has 0 radical (unpaired) electrons. The Morgan fingerprint density at radius 3 is 2.41 bits per heavy atom. The van der Waals surface area contributed by atoms with Crippen LogP contribution in [-0.4, -0.2) is 28.1 Å². The summed E-state index contributed by atoms with van der Waals surface area (Å²) in [6.07, 6.45) is -0.245. The lowest BCUT2D eigenvalue weighted by atomic mass is 10.00. The molecule has 0 bridgehead atoms. The average Bonchev–Trinajstić information content (AvgIpc) is 2.49. The third-order valence-corrected chi connectivity index (χ3v) is 3.27. The number of nitrogens with zero attached hydrogens (tertiary/aromatic N) is 1. The minimum absolute atomic E-state index is 0.0593. The number of nitro groups is 1. The Bertz CT molecular complexity index is 543. The van der Waals surface area contributed by atoms with Gasteiger partial charge in [-0.15, -0.1) is 0 Å². The Morgan fingerprint density at radius 1 is 1.36 bits per heavy atom. The highest BCUT2D eigenvalue weighted by molar-refractivity contribution is 5.80. The van der Waals surface area contributed by atoms with Crippen LogP contribution in [0.1, 0.15) is 25.8 Å². The van der Waals surface area contributed by atoms with E-state index in [0.717, 1.165) is 0 Å². The number of amides is 1. The number of hydrogen-bond donors (Lipinski definition) is 2. The zero-order valence-corrected chi connectivity index (χ0v) is 12.3. The maximum absolute atomic E-state index is 11.6. The zero-order chi connectivity index (χ0) is 16.7. The number of alkyl carbamates (subject to hydrolysis) is 1. The molecule has 120 valence electrons. The predicted octanol–water partition coefficient (Wildman–Crippen LogP) is 2.32. The fourth-order valence-corrected chi connectivity index (χ4v) is 1.71. The Balaban J connectivity index is 2.54. The standard InChI is InChI=1S/C14H18N2O6/c1-3-9(2)12(13(17)18)15-14(19)22-8-10-4-6-11(7-5-10)16(20)21/h4-7,9,12H,3,8H2,1-2H3,(H,15,19)(H,17,18)/t9?,12-/m0/s1. The molecule has 1 rings (SSSR count).